The minimum atomic E-state index is -0.355. The molecule has 0 spiro atoms. The first-order valence-corrected chi connectivity index (χ1v) is 12.8. The minimum absolute atomic E-state index is 0.0757. The summed E-state index contributed by atoms with van der Waals surface area (Å²) in [5, 5.41) is 18.4. The number of methoxy groups -OCH3 is 1. The molecule has 36 heavy (non-hydrogen) atoms. The summed E-state index contributed by atoms with van der Waals surface area (Å²) in [5.74, 6) is 1.77. The third-order valence-corrected chi connectivity index (χ3v) is 6.64. The highest BCUT2D eigenvalue weighted by Crippen LogP contribution is 2.47. The molecule has 7 heteroatoms. The number of phenols is 1. The van der Waals surface area contributed by atoms with E-state index in [2.05, 4.69) is 31.0 Å². The van der Waals surface area contributed by atoms with Gasteiger partial charge in [-0.05, 0) is 61.1 Å². The van der Waals surface area contributed by atoms with Gasteiger partial charge < -0.3 is 19.5 Å². The number of aromatic nitrogens is 2. The molecule has 1 aliphatic rings. The van der Waals surface area contributed by atoms with E-state index >= 15 is 0 Å². The van der Waals surface area contributed by atoms with Crippen LogP contribution in [-0.2, 0) is 0 Å². The zero-order valence-electron chi connectivity index (χ0n) is 22.1. The second-order valence-corrected chi connectivity index (χ2v) is 10.1. The predicted octanol–water partition coefficient (Wildman–Crippen LogP) is 6.18. The molecule has 2 heterocycles. The van der Waals surface area contributed by atoms with Crippen molar-refractivity contribution in [2.75, 3.05) is 20.3 Å². The van der Waals surface area contributed by atoms with E-state index in [0.29, 0.717) is 47.5 Å². The zero-order chi connectivity index (χ0) is 26.0. The molecule has 0 saturated carbocycles. The fourth-order valence-corrected chi connectivity index (χ4v) is 4.98. The van der Waals surface area contributed by atoms with Crippen LogP contribution in [-0.4, -0.2) is 46.4 Å². The number of aromatic amines is 1. The van der Waals surface area contributed by atoms with Crippen LogP contribution in [0.2, 0.25) is 0 Å². The number of aromatic hydroxyl groups is 1. The van der Waals surface area contributed by atoms with Crippen LogP contribution in [0.4, 0.5) is 0 Å². The molecular weight excluding hydrogens is 454 g/mol. The maximum Gasteiger partial charge on any atom is 0.273 e. The number of phenolic OH excluding ortho intramolecular Hbond substituents is 1. The molecule has 192 valence electrons. The van der Waals surface area contributed by atoms with E-state index in [1.807, 2.05) is 43.0 Å². The number of carbonyl (C=O) groups is 1. The number of H-pyrrole nitrogens is 1. The van der Waals surface area contributed by atoms with Crippen LogP contribution in [0.5, 0.6) is 17.2 Å². The van der Waals surface area contributed by atoms with Crippen LogP contribution in [0.3, 0.4) is 0 Å². The van der Waals surface area contributed by atoms with E-state index in [9.17, 15) is 9.90 Å². The molecule has 0 fully saturated rings. The number of hydrogen-bond donors (Lipinski definition) is 2. The van der Waals surface area contributed by atoms with Crippen LogP contribution in [0.25, 0.3) is 11.3 Å². The lowest BCUT2D eigenvalue weighted by atomic mass is 9.93. The van der Waals surface area contributed by atoms with Crippen LogP contribution < -0.4 is 9.47 Å². The number of hydrogen-bond acceptors (Lipinski definition) is 5. The Morgan fingerprint density at radius 3 is 2.58 bits per heavy atom. The van der Waals surface area contributed by atoms with Gasteiger partial charge in [-0.25, -0.2) is 0 Å². The summed E-state index contributed by atoms with van der Waals surface area (Å²) in [4.78, 5) is 15.5. The zero-order valence-corrected chi connectivity index (χ0v) is 22.1. The fourth-order valence-electron chi connectivity index (χ4n) is 4.98. The standard InChI is InChI=1S/C29H37N3O4/c1-7-8-9-12-32-28(20-10-11-22(23(15-20)35-6)36-16-17(2)3)25-26(30-31-27(25)29(32)34)24-19(5)13-18(4)14-21(24)33/h10-11,13-15,17,28,33H,7-9,12,16H2,1-6H3,(H,30,31). The minimum Gasteiger partial charge on any atom is -0.507 e. The average Bonchev–Trinajstić information content (AvgIpc) is 3.36. The third kappa shape index (κ3) is 4.79. The number of carbonyl (C=O) groups excluding carboxylic acids is 1. The van der Waals surface area contributed by atoms with E-state index in [0.717, 1.165) is 41.5 Å². The summed E-state index contributed by atoms with van der Waals surface area (Å²) in [6.07, 6.45) is 3.02. The van der Waals surface area contributed by atoms with Crippen molar-refractivity contribution in [2.45, 2.75) is 59.9 Å². The van der Waals surface area contributed by atoms with Gasteiger partial charge in [-0.1, -0.05) is 45.7 Å². The number of rotatable bonds is 10. The summed E-state index contributed by atoms with van der Waals surface area (Å²) in [6.45, 7) is 11.5. The second kappa shape index (κ2) is 10.6. The maximum atomic E-state index is 13.6. The van der Waals surface area contributed by atoms with Crippen molar-refractivity contribution in [3.8, 4) is 28.5 Å². The van der Waals surface area contributed by atoms with Crippen LogP contribution in [0, 0.1) is 19.8 Å². The highest BCUT2D eigenvalue weighted by atomic mass is 16.5. The molecule has 2 N–H and O–H groups in total. The largest absolute Gasteiger partial charge is 0.507 e. The first-order valence-electron chi connectivity index (χ1n) is 12.8. The Balaban J connectivity index is 1.84. The normalized spacial score (nSPS) is 15.0. The molecule has 3 aromatic rings. The molecule has 0 saturated heterocycles. The first kappa shape index (κ1) is 25.6. The molecule has 2 aromatic carbocycles. The summed E-state index contributed by atoms with van der Waals surface area (Å²) < 4.78 is 11.6. The maximum absolute atomic E-state index is 13.6. The Kier molecular flexibility index (Phi) is 7.57. The molecule has 1 aromatic heterocycles. The van der Waals surface area contributed by atoms with Crippen molar-refractivity contribution in [3.63, 3.8) is 0 Å². The predicted molar refractivity (Wildman–Crippen MR) is 141 cm³/mol. The van der Waals surface area contributed by atoms with Gasteiger partial charge in [-0.15, -0.1) is 0 Å². The number of benzene rings is 2. The topological polar surface area (TPSA) is 87.7 Å². The van der Waals surface area contributed by atoms with Gasteiger partial charge in [-0.2, -0.15) is 5.10 Å². The van der Waals surface area contributed by atoms with Crippen molar-refractivity contribution in [1.29, 1.82) is 0 Å². The number of unbranched alkanes of at least 4 members (excludes halogenated alkanes) is 2. The highest BCUT2D eigenvalue weighted by molar-refractivity contribution is 6.00. The summed E-state index contributed by atoms with van der Waals surface area (Å²) in [6, 6.07) is 9.26. The van der Waals surface area contributed by atoms with E-state index < -0.39 is 0 Å². The SMILES string of the molecule is CCCCCN1C(=O)c2[nH]nc(-c3c(C)cc(C)cc3O)c2C1c1ccc(OCC(C)C)c(OC)c1. The average molecular weight is 492 g/mol. The van der Waals surface area contributed by atoms with Gasteiger partial charge in [0.05, 0.1) is 19.8 Å². The van der Waals surface area contributed by atoms with Gasteiger partial charge in [0.25, 0.3) is 5.91 Å². The van der Waals surface area contributed by atoms with Crippen LogP contribution in [0.1, 0.15) is 78.8 Å². The molecule has 1 unspecified atom stereocenters. The Bertz CT molecular complexity index is 1220. The Labute approximate surface area is 213 Å². The Morgan fingerprint density at radius 1 is 1.14 bits per heavy atom. The van der Waals surface area contributed by atoms with Gasteiger partial charge in [0.2, 0.25) is 0 Å². The number of aryl methyl sites for hydroxylation is 2. The lowest BCUT2D eigenvalue weighted by Gasteiger charge is -2.27. The molecule has 1 aliphatic heterocycles. The van der Waals surface area contributed by atoms with Crippen LogP contribution in [0.15, 0.2) is 30.3 Å². The number of nitrogens with one attached hydrogen (secondary N) is 1. The first-order chi connectivity index (χ1) is 17.3. The highest BCUT2D eigenvalue weighted by Gasteiger charge is 2.42. The lowest BCUT2D eigenvalue weighted by molar-refractivity contribution is 0.0740. The number of fused-ring (bicyclic) bond motifs is 1. The summed E-state index contributed by atoms with van der Waals surface area (Å²) in [7, 11) is 1.63. The van der Waals surface area contributed by atoms with E-state index in [4.69, 9.17) is 9.47 Å². The van der Waals surface area contributed by atoms with E-state index in [-0.39, 0.29) is 17.7 Å². The summed E-state index contributed by atoms with van der Waals surface area (Å²) >= 11 is 0. The van der Waals surface area contributed by atoms with E-state index in [1.54, 1.807) is 13.2 Å². The molecule has 7 nitrogen and oxygen atoms in total. The lowest BCUT2D eigenvalue weighted by Crippen LogP contribution is -2.30. The van der Waals surface area contributed by atoms with Crippen molar-refractivity contribution < 1.29 is 19.4 Å². The van der Waals surface area contributed by atoms with E-state index in [1.165, 1.54) is 0 Å². The number of ether oxygens (including phenoxy) is 2. The molecule has 1 atom stereocenters. The molecule has 0 bridgehead atoms. The molecule has 4 rings (SSSR count). The number of nitrogens with zero attached hydrogens (tertiary/aromatic N) is 2. The Hall–Kier alpha value is -3.48. The Morgan fingerprint density at radius 2 is 1.92 bits per heavy atom. The quantitative estimate of drug-likeness (QED) is 0.331. The fraction of sp³-hybridized carbons (Fsp3) is 0.448. The summed E-state index contributed by atoms with van der Waals surface area (Å²) in [5.41, 5.74) is 5.32. The van der Waals surface area contributed by atoms with Crippen molar-refractivity contribution in [2.24, 2.45) is 5.92 Å². The smallest absolute Gasteiger partial charge is 0.273 e. The van der Waals surface area contributed by atoms with Gasteiger partial charge in [0.15, 0.2) is 11.5 Å². The van der Waals surface area contributed by atoms with Gasteiger partial charge in [0.1, 0.15) is 17.1 Å². The van der Waals surface area contributed by atoms with Crippen molar-refractivity contribution in [1.82, 2.24) is 15.1 Å². The molecular formula is C29H37N3O4. The van der Waals surface area contributed by atoms with Gasteiger partial charge >= 0.3 is 0 Å². The van der Waals surface area contributed by atoms with Crippen LogP contribution >= 0.6 is 0 Å². The monoisotopic (exact) mass is 491 g/mol. The number of amides is 1. The molecule has 0 radical (unpaired) electrons. The van der Waals surface area contributed by atoms with Crippen molar-refractivity contribution >= 4 is 5.91 Å². The van der Waals surface area contributed by atoms with Gasteiger partial charge in [-0.3, -0.25) is 9.89 Å². The molecule has 0 aliphatic carbocycles. The molecule has 1 amide bonds. The van der Waals surface area contributed by atoms with Crippen molar-refractivity contribution in [3.05, 3.63) is 58.3 Å². The second-order valence-electron chi connectivity index (χ2n) is 10.1. The third-order valence-electron chi connectivity index (χ3n) is 6.64. The van der Waals surface area contributed by atoms with Gasteiger partial charge in [0, 0.05) is 17.7 Å².